The van der Waals surface area contributed by atoms with Crippen LogP contribution >= 0.6 is 0 Å². The van der Waals surface area contributed by atoms with E-state index >= 15 is 0 Å². The highest BCUT2D eigenvalue weighted by molar-refractivity contribution is 5.79. The van der Waals surface area contributed by atoms with Gasteiger partial charge in [0.05, 0.1) is 0 Å². The fourth-order valence-electron chi connectivity index (χ4n) is 3.43. The predicted octanol–water partition coefficient (Wildman–Crippen LogP) is 3.18. The van der Waals surface area contributed by atoms with Gasteiger partial charge in [0.25, 0.3) is 0 Å². The minimum Gasteiger partial charge on any atom is -0.300 e. The van der Waals surface area contributed by atoms with Gasteiger partial charge >= 0.3 is 0 Å². The molecule has 0 spiro atoms. The lowest BCUT2D eigenvalue weighted by Gasteiger charge is -2.48. The summed E-state index contributed by atoms with van der Waals surface area (Å²) in [4.78, 5) is 11.4. The van der Waals surface area contributed by atoms with Crippen LogP contribution in [-0.4, -0.2) is 5.78 Å². The van der Waals surface area contributed by atoms with E-state index in [0.29, 0.717) is 17.1 Å². The van der Waals surface area contributed by atoms with Crippen molar-refractivity contribution in [3.05, 3.63) is 0 Å². The van der Waals surface area contributed by atoms with Gasteiger partial charge in [0.1, 0.15) is 5.78 Å². The van der Waals surface area contributed by atoms with Crippen molar-refractivity contribution in [2.45, 2.75) is 52.4 Å². The summed E-state index contributed by atoms with van der Waals surface area (Å²) in [6, 6.07) is 0. The van der Waals surface area contributed by atoms with Crippen LogP contribution in [0.4, 0.5) is 0 Å². The number of rotatable bonds is 0. The van der Waals surface area contributed by atoms with E-state index in [9.17, 15) is 4.79 Å². The Balaban J connectivity index is 2.17. The molecule has 3 atom stereocenters. The summed E-state index contributed by atoms with van der Waals surface area (Å²) < 4.78 is 0. The molecule has 1 nitrogen and oxygen atoms in total. The summed E-state index contributed by atoms with van der Waals surface area (Å²) in [6.45, 7) is 4.74. The molecule has 1 heteroatoms. The van der Waals surface area contributed by atoms with Crippen molar-refractivity contribution in [2.75, 3.05) is 0 Å². The molecular formula is C12H20O. The highest BCUT2D eigenvalue weighted by Gasteiger charge is 2.43. The van der Waals surface area contributed by atoms with Gasteiger partial charge in [0.15, 0.2) is 0 Å². The van der Waals surface area contributed by atoms with Crippen LogP contribution in [0.5, 0.6) is 0 Å². The lowest BCUT2D eigenvalue weighted by Crippen LogP contribution is -2.41. The first-order valence-electron chi connectivity index (χ1n) is 5.63. The fourth-order valence-corrected chi connectivity index (χ4v) is 3.43. The Morgan fingerprint density at radius 2 is 2.15 bits per heavy atom. The molecule has 13 heavy (non-hydrogen) atoms. The maximum atomic E-state index is 11.4. The van der Waals surface area contributed by atoms with Gasteiger partial charge < -0.3 is 0 Å². The second-order valence-corrected chi connectivity index (χ2v) is 5.37. The zero-order valence-electron chi connectivity index (χ0n) is 8.81. The Labute approximate surface area is 80.9 Å². The van der Waals surface area contributed by atoms with Crippen molar-refractivity contribution in [3.8, 4) is 0 Å². The highest BCUT2D eigenvalue weighted by atomic mass is 16.1. The first-order valence-corrected chi connectivity index (χ1v) is 5.63. The van der Waals surface area contributed by atoms with Crippen LogP contribution in [0.15, 0.2) is 0 Å². The molecule has 2 aliphatic rings. The van der Waals surface area contributed by atoms with Crippen molar-refractivity contribution in [1.29, 1.82) is 0 Å². The molecule has 2 aliphatic carbocycles. The molecule has 0 radical (unpaired) electrons. The molecule has 0 N–H and O–H groups in total. The van der Waals surface area contributed by atoms with Crippen LogP contribution in [0, 0.1) is 17.3 Å². The molecular weight excluding hydrogens is 160 g/mol. The smallest absolute Gasteiger partial charge is 0.133 e. The number of hydrogen-bond acceptors (Lipinski definition) is 1. The first-order chi connectivity index (χ1) is 6.12. The van der Waals surface area contributed by atoms with Crippen LogP contribution in [-0.2, 0) is 4.79 Å². The van der Waals surface area contributed by atoms with Gasteiger partial charge in [-0.25, -0.2) is 0 Å². The molecule has 2 fully saturated rings. The normalized spacial score (nSPS) is 45.8. The maximum absolute atomic E-state index is 11.4. The summed E-state index contributed by atoms with van der Waals surface area (Å²) in [5.41, 5.74) is 0.506. The van der Waals surface area contributed by atoms with E-state index in [4.69, 9.17) is 0 Å². The van der Waals surface area contributed by atoms with E-state index in [0.717, 1.165) is 25.2 Å². The van der Waals surface area contributed by atoms with Crippen LogP contribution in [0.25, 0.3) is 0 Å². The number of ketones is 1. The fraction of sp³-hybridized carbons (Fsp3) is 0.917. The number of fused-ring (bicyclic) bond motifs is 1. The van der Waals surface area contributed by atoms with Crippen LogP contribution < -0.4 is 0 Å². The number of carbonyl (C=O) groups is 1. The minimum absolute atomic E-state index is 0.506. The molecule has 0 bridgehead atoms. The molecule has 0 aromatic rings. The van der Waals surface area contributed by atoms with E-state index in [1.165, 1.54) is 19.3 Å². The van der Waals surface area contributed by atoms with Gasteiger partial charge in [-0.1, -0.05) is 26.7 Å². The van der Waals surface area contributed by atoms with Crippen molar-refractivity contribution in [1.82, 2.24) is 0 Å². The molecule has 0 heterocycles. The second-order valence-electron chi connectivity index (χ2n) is 5.37. The van der Waals surface area contributed by atoms with E-state index in [1.807, 2.05) is 0 Å². The number of hydrogen-bond donors (Lipinski definition) is 0. The molecule has 0 saturated heterocycles. The van der Waals surface area contributed by atoms with Gasteiger partial charge in [0.2, 0.25) is 0 Å². The van der Waals surface area contributed by atoms with Crippen LogP contribution in [0.3, 0.4) is 0 Å². The Kier molecular flexibility index (Phi) is 2.21. The molecule has 74 valence electrons. The molecule has 1 unspecified atom stereocenters. The summed E-state index contributed by atoms with van der Waals surface area (Å²) in [6.07, 6.45) is 6.95. The van der Waals surface area contributed by atoms with Crippen molar-refractivity contribution < 1.29 is 4.79 Å². The molecule has 0 amide bonds. The molecule has 2 rings (SSSR count). The van der Waals surface area contributed by atoms with E-state index in [2.05, 4.69) is 13.8 Å². The zero-order chi connectivity index (χ0) is 9.47. The standard InChI is InChI=1S/C12H20O/c1-9-4-3-6-12(2)7-5-10(13)8-11(9)12/h9,11H,3-8H2,1-2H3/t9?,11-,12+/m1/s1. The third-order valence-corrected chi connectivity index (χ3v) is 4.41. The van der Waals surface area contributed by atoms with E-state index < -0.39 is 0 Å². The largest absolute Gasteiger partial charge is 0.300 e. The zero-order valence-corrected chi connectivity index (χ0v) is 8.81. The Bertz CT molecular complexity index is 221. The topological polar surface area (TPSA) is 17.1 Å². The number of carbonyl (C=O) groups excluding carboxylic acids is 1. The monoisotopic (exact) mass is 180 g/mol. The van der Waals surface area contributed by atoms with Crippen molar-refractivity contribution in [2.24, 2.45) is 17.3 Å². The van der Waals surface area contributed by atoms with Crippen LogP contribution in [0.2, 0.25) is 0 Å². The summed E-state index contributed by atoms with van der Waals surface area (Å²) >= 11 is 0. The third-order valence-electron chi connectivity index (χ3n) is 4.41. The minimum atomic E-state index is 0.506. The average molecular weight is 180 g/mol. The lowest BCUT2D eigenvalue weighted by molar-refractivity contribution is -0.127. The summed E-state index contributed by atoms with van der Waals surface area (Å²) in [5, 5.41) is 0. The van der Waals surface area contributed by atoms with Gasteiger partial charge in [-0.3, -0.25) is 4.79 Å². The van der Waals surface area contributed by atoms with Crippen molar-refractivity contribution >= 4 is 5.78 Å². The number of Topliss-reactive ketones (excluding diaryl/α,β-unsaturated/α-hetero) is 1. The Morgan fingerprint density at radius 1 is 1.38 bits per heavy atom. The first kappa shape index (κ1) is 9.23. The lowest BCUT2D eigenvalue weighted by atomic mass is 9.57. The SMILES string of the molecule is CC1CCC[C@@]2(C)CCC(=O)C[C@H]12. The van der Waals surface area contributed by atoms with Crippen molar-refractivity contribution in [3.63, 3.8) is 0 Å². The average Bonchev–Trinajstić information content (AvgIpc) is 2.08. The van der Waals surface area contributed by atoms with Gasteiger partial charge in [-0.05, 0) is 30.1 Å². The van der Waals surface area contributed by atoms with Gasteiger partial charge in [0, 0.05) is 12.8 Å². The maximum Gasteiger partial charge on any atom is 0.133 e. The molecule has 0 aliphatic heterocycles. The quantitative estimate of drug-likeness (QED) is 0.559. The van der Waals surface area contributed by atoms with E-state index in [1.54, 1.807) is 0 Å². The third kappa shape index (κ3) is 1.53. The predicted molar refractivity (Wildman–Crippen MR) is 53.5 cm³/mol. The summed E-state index contributed by atoms with van der Waals surface area (Å²) in [5.74, 6) is 1.99. The van der Waals surface area contributed by atoms with Crippen LogP contribution in [0.1, 0.15) is 52.4 Å². The molecule has 0 aromatic heterocycles. The van der Waals surface area contributed by atoms with Gasteiger partial charge in [-0.2, -0.15) is 0 Å². The Morgan fingerprint density at radius 3 is 2.92 bits per heavy atom. The van der Waals surface area contributed by atoms with Gasteiger partial charge in [-0.15, -0.1) is 0 Å². The summed E-state index contributed by atoms with van der Waals surface area (Å²) in [7, 11) is 0. The molecule has 0 aromatic carbocycles. The molecule has 2 saturated carbocycles. The van der Waals surface area contributed by atoms with E-state index in [-0.39, 0.29) is 0 Å². The Hall–Kier alpha value is -0.330. The second kappa shape index (κ2) is 3.11. The highest BCUT2D eigenvalue weighted by Crippen LogP contribution is 2.51.